The molecule has 2 fully saturated rings. The van der Waals surface area contributed by atoms with Crippen molar-refractivity contribution in [2.24, 2.45) is 22.2 Å². The molecule has 0 radical (unpaired) electrons. The molecule has 3 N–H and O–H groups in total. The number of carbonyl (C=O) groups is 1. The van der Waals surface area contributed by atoms with Gasteiger partial charge in [-0.25, -0.2) is 0 Å². The average Bonchev–Trinajstić information content (AvgIpc) is 2.37. The summed E-state index contributed by atoms with van der Waals surface area (Å²) in [6, 6.07) is 0. The van der Waals surface area contributed by atoms with Crippen molar-refractivity contribution < 1.29 is 10.0 Å². The summed E-state index contributed by atoms with van der Waals surface area (Å²) in [4.78, 5) is 16.9. The second-order valence-corrected chi connectivity index (χ2v) is 6.41. The van der Waals surface area contributed by atoms with Crippen LogP contribution in [0.3, 0.4) is 0 Å². The lowest BCUT2D eigenvalue weighted by atomic mass is 9.66. The monoisotopic (exact) mass is 282 g/mol. The van der Waals surface area contributed by atoms with Gasteiger partial charge in [-0.15, -0.1) is 0 Å². The number of carbonyl (C=O) groups excluding carboxylic acids is 1. The predicted octanol–water partition coefficient (Wildman–Crippen LogP) is 0.703. The van der Waals surface area contributed by atoms with Gasteiger partial charge in [0.1, 0.15) is 5.41 Å². The van der Waals surface area contributed by atoms with Gasteiger partial charge in [-0.1, -0.05) is 25.4 Å². The second kappa shape index (κ2) is 5.99. The van der Waals surface area contributed by atoms with Gasteiger partial charge >= 0.3 is 0 Å². The fourth-order valence-electron chi connectivity index (χ4n) is 3.16. The Kier molecular flexibility index (Phi) is 4.52. The molecule has 20 heavy (non-hydrogen) atoms. The molecule has 0 atom stereocenters. The molecule has 2 rings (SSSR count). The average molecular weight is 282 g/mol. The van der Waals surface area contributed by atoms with Crippen LogP contribution in [-0.4, -0.2) is 59.5 Å². The highest BCUT2D eigenvalue weighted by molar-refractivity contribution is 6.07. The van der Waals surface area contributed by atoms with E-state index in [4.69, 9.17) is 10.9 Å². The summed E-state index contributed by atoms with van der Waals surface area (Å²) in [7, 11) is 0. The minimum Gasteiger partial charge on any atom is -0.409 e. The molecule has 0 aromatic heterocycles. The molecule has 0 spiro atoms. The van der Waals surface area contributed by atoms with Crippen molar-refractivity contribution in [3.63, 3.8) is 0 Å². The molecule has 6 nitrogen and oxygen atoms in total. The van der Waals surface area contributed by atoms with Crippen LogP contribution in [0, 0.1) is 11.3 Å². The maximum atomic E-state index is 12.7. The first-order chi connectivity index (χ1) is 9.49. The van der Waals surface area contributed by atoms with E-state index in [1.165, 1.54) is 0 Å². The van der Waals surface area contributed by atoms with Crippen LogP contribution in [0.1, 0.15) is 33.1 Å². The molecule has 114 valence electrons. The molecule has 1 aliphatic carbocycles. The molecule has 0 bridgehead atoms. The van der Waals surface area contributed by atoms with Gasteiger partial charge in [0.05, 0.1) is 0 Å². The van der Waals surface area contributed by atoms with E-state index in [1.807, 2.05) is 4.90 Å². The maximum absolute atomic E-state index is 12.7. The smallest absolute Gasteiger partial charge is 0.236 e. The lowest BCUT2D eigenvalue weighted by Crippen LogP contribution is -2.59. The summed E-state index contributed by atoms with van der Waals surface area (Å²) < 4.78 is 0. The molecule has 0 aromatic rings. The fourth-order valence-corrected chi connectivity index (χ4v) is 3.16. The number of nitrogens with two attached hydrogens (primary N) is 1. The Hall–Kier alpha value is -1.30. The highest BCUT2D eigenvalue weighted by Gasteiger charge is 2.50. The SMILES string of the molecule is CC(C)CN1CCN(C(=O)C2(C(N)=NO)CCC2)CC1. The zero-order chi connectivity index (χ0) is 14.8. The molecule has 1 heterocycles. The van der Waals surface area contributed by atoms with Crippen LogP contribution in [0.4, 0.5) is 0 Å². The van der Waals surface area contributed by atoms with Gasteiger partial charge < -0.3 is 15.8 Å². The highest BCUT2D eigenvalue weighted by Crippen LogP contribution is 2.42. The zero-order valence-electron chi connectivity index (χ0n) is 12.5. The summed E-state index contributed by atoms with van der Waals surface area (Å²) in [5, 5.41) is 12.0. The number of hydrogen-bond donors (Lipinski definition) is 2. The Balaban J connectivity index is 1.95. The van der Waals surface area contributed by atoms with Crippen LogP contribution in [0.25, 0.3) is 0 Å². The van der Waals surface area contributed by atoms with Gasteiger partial charge in [0, 0.05) is 32.7 Å². The molecule has 0 unspecified atom stereocenters. The van der Waals surface area contributed by atoms with Crippen LogP contribution in [-0.2, 0) is 4.79 Å². The van der Waals surface area contributed by atoms with Crippen LogP contribution < -0.4 is 5.73 Å². The van der Waals surface area contributed by atoms with Crippen molar-refractivity contribution in [1.82, 2.24) is 9.80 Å². The van der Waals surface area contributed by atoms with E-state index in [-0.39, 0.29) is 11.7 Å². The molecular weight excluding hydrogens is 256 g/mol. The number of piperazine rings is 1. The number of nitrogens with zero attached hydrogens (tertiary/aromatic N) is 3. The first-order valence-corrected chi connectivity index (χ1v) is 7.49. The second-order valence-electron chi connectivity index (χ2n) is 6.41. The van der Waals surface area contributed by atoms with Crippen LogP contribution >= 0.6 is 0 Å². The Labute approximate surface area is 120 Å². The number of amides is 1. The number of amidine groups is 1. The van der Waals surface area contributed by atoms with E-state index in [0.29, 0.717) is 18.8 Å². The van der Waals surface area contributed by atoms with Gasteiger partial charge in [0.25, 0.3) is 0 Å². The van der Waals surface area contributed by atoms with Crippen molar-refractivity contribution in [2.75, 3.05) is 32.7 Å². The van der Waals surface area contributed by atoms with Crippen molar-refractivity contribution in [2.45, 2.75) is 33.1 Å². The predicted molar refractivity (Wildman–Crippen MR) is 77.6 cm³/mol. The lowest BCUT2D eigenvalue weighted by molar-refractivity contribution is -0.144. The molecule has 1 saturated carbocycles. The van der Waals surface area contributed by atoms with Crippen molar-refractivity contribution in [1.29, 1.82) is 0 Å². The standard InChI is InChI=1S/C14H26N4O2/c1-11(2)10-17-6-8-18(9-7-17)13(19)14(4-3-5-14)12(15)16-20/h11,20H,3-10H2,1-2H3,(H2,15,16). The Bertz CT molecular complexity index is 383. The summed E-state index contributed by atoms with van der Waals surface area (Å²) in [5.74, 6) is 0.772. The number of hydrogen-bond acceptors (Lipinski definition) is 4. The molecule has 0 aromatic carbocycles. The van der Waals surface area contributed by atoms with E-state index in [9.17, 15) is 4.79 Å². The summed E-state index contributed by atoms with van der Waals surface area (Å²) >= 11 is 0. The van der Waals surface area contributed by atoms with Crippen molar-refractivity contribution >= 4 is 11.7 Å². The normalized spacial score (nSPS) is 23.8. The zero-order valence-corrected chi connectivity index (χ0v) is 12.5. The number of rotatable bonds is 4. The highest BCUT2D eigenvalue weighted by atomic mass is 16.4. The quantitative estimate of drug-likeness (QED) is 0.344. The minimum absolute atomic E-state index is 0.0447. The third-order valence-electron chi connectivity index (χ3n) is 4.50. The van der Waals surface area contributed by atoms with Gasteiger partial charge in [-0.2, -0.15) is 0 Å². The summed E-state index contributed by atoms with van der Waals surface area (Å²) in [6.45, 7) is 8.80. The Morgan fingerprint density at radius 3 is 2.30 bits per heavy atom. The van der Waals surface area contributed by atoms with Gasteiger partial charge in [0.2, 0.25) is 5.91 Å². The van der Waals surface area contributed by atoms with Gasteiger partial charge in [-0.3, -0.25) is 9.69 Å². The van der Waals surface area contributed by atoms with E-state index in [0.717, 1.165) is 39.1 Å². The summed E-state index contributed by atoms with van der Waals surface area (Å²) in [5.41, 5.74) is 5.03. The van der Waals surface area contributed by atoms with Gasteiger partial charge in [0.15, 0.2) is 5.84 Å². The molecule has 1 saturated heterocycles. The number of oxime groups is 1. The van der Waals surface area contributed by atoms with Crippen molar-refractivity contribution in [3.05, 3.63) is 0 Å². The van der Waals surface area contributed by atoms with E-state index in [2.05, 4.69) is 23.9 Å². The molecule has 1 amide bonds. The third kappa shape index (κ3) is 2.75. The van der Waals surface area contributed by atoms with Crippen LogP contribution in [0.15, 0.2) is 5.16 Å². The van der Waals surface area contributed by atoms with Crippen LogP contribution in [0.5, 0.6) is 0 Å². The largest absolute Gasteiger partial charge is 0.409 e. The first kappa shape index (κ1) is 15.1. The van der Waals surface area contributed by atoms with E-state index >= 15 is 0 Å². The Morgan fingerprint density at radius 2 is 1.90 bits per heavy atom. The maximum Gasteiger partial charge on any atom is 0.236 e. The minimum atomic E-state index is -0.727. The van der Waals surface area contributed by atoms with Crippen molar-refractivity contribution in [3.8, 4) is 0 Å². The van der Waals surface area contributed by atoms with E-state index in [1.54, 1.807) is 0 Å². The first-order valence-electron chi connectivity index (χ1n) is 7.49. The topological polar surface area (TPSA) is 82.2 Å². The van der Waals surface area contributed by atoms with Gasteiger partial charge in [-0.05, 0) is 18.8 Å². The van der Waals surface area contributed by atoms with Crippen LogP contribution in [0.2, 0.25) is 0 Å². The Morgan fingerprint density at radius 1 is 1.30 bits per heavy atom. The third-order valence-corrected chi connectivity index (χ3v) is 4.50. The van der Waals surface area contributed by atoms with E-state index < -0.39 is 5.41 Å². The molecule has 6 heteroatoms. The summed E-state index contributed by atoms with van der Waals surface area (Å²) in [6.07, 6.45) is 2.37. The molecule has 2 aliphatic rings. The lowest BCUT2D eigenvalue weighted by Gasteiger charge is -2.44. The molecule has 1 aliphatic heterocycles. The molecular formula is C14H26N4O2. The fraction of sp³-hybridized carbons (Fsp3) is 0.857.